The van der Waals surface area contributed by atoms with E-state index in [1.807, 2.05) is 30.3 Å². The molecular weight excluding hydrogens is 331 g/mol. The number of nitrogens with one attached hydrogen (secondary N) is 1. The summed E-state index contributed by atoms with van der Waals surface area (Å²) in [5.41, 5.74) is 2.86. The summed E-state index contributed by atoms with van der Waals surface area (Å²) >= 11 is 5.73. The van der Waals surface area contributed by atoms with Gasteiger partial charge in [-0.1, -0.05) is 55.7 Å². The molecule has 4 heteroatoms. The summed E-state index contributed by atoms with van der Waals surface area (Å²) < 4.78 is 14.2. The van der Waals surface area contributed by atoms with Crippen molar-refractivity contribution in [3.8, 4) is 0 Å². The van der Waals surface area contributed by atoms with Crippen LogP contribution in [0.5, 0.6) is 0 Å². The summed E-state index contributed by atoms with van der Waals surface area (Å²) in [6, 6.07) is 15.5. The Hall–Kier alpha value is -1.94. The molecule has 0 spiro atoms. The fraction of sp³-hybridized carbons (Fsp3) is 0.381. The van der Waals surface area contributed by atoms with Gasteiger partial charge in [-0.3, -0.25) is 0 Å². The van der Waals surface area contributed by atoms with Gasteiger partial charge in [-0.15, -0.1) is 0 Å². The van der Waals surface area contributed by atoms with Gasteiger partial charge in [0, 0.05) is 23.8 Å². The van der Waals surface area contributed by atoms with Crippen LogP contribution < -0.4 is 5.32 Å². The largest absolute Gasteiger partial charge is 0.342 e. The number of hydrogen-bond acceptors (Lipinski definition) is 1. The number of rotatable bonds is 4. The molecule has 1 fully saturated rings. The van der Waals surface area contributed by atoms with Crippen molar-refractivity contribution in [2.24, 2.45) is 0 Å². The normalized spacial score (nSPS) is 15.0. The lowest BCUT2D eigenvalue weighted by atomic mass is 9.94. The summed E-state index contributed by atoms with van der Waals surface area (Å²) in [5, 5.41) is 4.07. The van der Waals surface area contributed by atoms with Gasteiger partial charge in [0.2, 0.25) is 0 Å². The van der Waals surface area contributed by atoms with E-state index in [0.29, 0.717) is 23.3 Å². The van der Waals surface area contributed by atoms with Crippen LogP contribution in [0.1, 0.15) is 43.2 Å². The standard InChI is InChI=1S/C21H25FN2S/c1-16-9-5-8-14-20(16)23-21(25)24(18-11-3-2-4-12-18)15-17-10-6-7-13-19(17)22/h5-10,13-14,18H,2-4,11-12,15H2,1H3,(H,23,25). The summed E-state index contributed by atoms with van der Waals surface area (Å²) in [7, 11) is 0. The lowest BCUT2D eigenvalue weighted by molar-refractivity contribution is 0.238. The van der Waals surface area contributed by atoms with Crippen LogP contribution in [0.3, 0.4) is 0 Å². The Labute approximate surface area is 155 Å². The van der Waals surface area contributed by atoms with E-state index in [4.69, 9.17) is 12.2 Å². The number of nitrogens with zero attached hydrogens (tertiary/aromatic N) is 1. The Kier molecular flexibility index (Phi) is 6.03. The molecule has 0 radical (unpaired) electrons. The van der Waals surface area contributed by atoms with Crippen molar-refractivity contribution in [1.29, 1.82) is 0 Å². The van der Waals surface area contributed by atoms with Gasteiger partial charge in [0.1, 0.15) is 5.82 Å². The van der Waals surface area contributed by atoms with Crippen LogP contribution in [0.2, 0.25) is 0 Å². The Morgan fingerprint density at radius 1 is 1.08 bits per heavy atom. The molecule has 0 atom stereocenters. The van der Waals surface area contributed by atoms with E-state index in [-0.39, 0.29) is 5.82 Å². The average Bonchev–Trinajstić information content (AvgIpc) is 2.63. The first-order valence-corrected chi connectivity index (χ1v) is 9.42. The van der Waals surface area contributed by atoms with Crippen LogP contribution >= 0.6 is 12.2 Å². The maximum Gasteiger partial charge on any atom is 0.173 e. The molecule has 0 saturated heterocycles. The lowest BCUT2D eigenvalue weighted by Crippen LogP contribution is -2.43. The van der Waals surface area contributed by atoms with Gasteiger partial charge >= 0.3 is 0 Å². The summed E-state index contributed by atoms with van der Waals surface area (Å²) in [4.78, 5) is 2.18. The van der Waals surface area contributed by atoms with Gasteiger partial charge in [0.05, 0.1) is 0 Å². The molecule has 25 heavy (non-hydrogen) atoms. The second-order valence-corrected chi connectivity index (χ2v) is 7.14. The highest BCUT2D eigenvalue weighted by atomic mass is 32.1. The van der Waals surface area contributed by atoms with Gasteiger partial charge in [-0.25, -0.2) is 4.39 Å². The summed E-state index contributed by atoms with van der Waals surface area (Å²) in [6.07, 6.45) is 5.94. The SMILES string of the molecule is Cc1ccccc1NC(=S)N(Cc1ccccc1F)C1CCCCC1. The molecule has 0 aromatic heterocycles. The van der Waals surface area contributed by atoms with Crippen molar-refractivity contribution in [2.75, 3.05) is 5.32 Å². The van der Waals surface area contributed by atoms with Gasteiger partial charge in [0.15, 0.2) is 5.11 Å². The highest BCUT2D eigenvalue weighted by Gasteiger charge is 2.24. The maximum atomic E-state index is 14.2. The molecule has 2 aromatic carbocycles. The fourth-order valence-corrected chi connectivity index (χ4v) is 3.79. The molecule has 3 rings (SSSR count). The van der Waals surface area contributed by atoms with E-state index in [9.17, 15) is 4.39 Å². The average molecular weight is 357 g/mol. The number of anilines is 1. The molecule has 0 aliphatic heterocycles. The first-order valence-electron chi connectivity index (χ1n) is 9.02. The monoisotopic (exact) mass is 356 g/mol. The van der Waals surface area contributed by atoms with Gasteiger partial charge < -0.3 is 10.2 Å². The first-order chi connectivity index (χ1) is 12.1. The van der Waals surface area contributed by atoms with E-state index in [1.165, 1.54) is 25.3 Å². The third kappa shape index (κ3) is 4.57. The van der Waals surface area contributed by atoms with Gasteiger partial charge in [-0.05, 0) is 49.7 Å². The van der Waals surface area contributed by atoms with E-state index in [2.05, 4.69) is 23.2 Å². The number of para-hydroxylation sites is 1. The molecule has 2 aromatic rings. The van der Waals surface area contributed by atoms with E-state index < -0.39 is 0 Å². The van der Waals surface area contributed by atoms with Crippen molar-refractivity contribution >= 4 is 23.0 Å². The molecular formula is C21H25FN2S. The maximum absolute atomic E-state index is 14.2. The molecule has 1 saturated carbocycles. The fourth-order valence-electron chi connectivity index (χ4n) is 3.47. The van der Waals surface area contributed by atoms with Crippen molar-refractivity contribution in [3.05, 3.63) is 65.5 Å². The summed E-state index contributed by atoms with van der Waals surface area (Å²) in [6.45, 7) is 2.57. The second kappa shape index (κ2) is 8.43. The Morgan fingerprint density at radius 2 is 1.76 bits per heavy atom. The molecule has 0 unspecified atom stereocenters. The lowest BCUT2D eigenvalue weighted by Gasteiger charge is -2.36. The van der Waals surface area contributed by atoms with Crippen LogP contribution in [0.15, 0.2) is 48.5 Å². The quantitative estimate of drug-likeness (QED) is 0.711. The van der Waals surface area contributed by atoms with Crippen LogP contribution in [0, 0.1) is 12.7 Å². The van der Waals surface area contributed by atoms with Crippen molar-refractivity contribution in [3.63, 3.8) is 0 Å². The molecule has 0 heterocycles. The van der Waals surface area contributed by atoms with Crippen LogP contribution in [0.25, 0.3) is 0 Å². The molecule has 132 valence electrons. The summed E-state index contributed by atoms with van der Waals surface area (Å²) in [5.74, 6) is -0.165. The van der Waals surface area contributed by atoms with Crippen LogP contribution in [-0.4, -0.2) is 16.1 Å². The highest BCUT2D eigenvalue weighted by molar-refractivity contribution is 7.80. The number of hydrogen-bond donors (Lipinski definition) is 1. The topological polar surface area (TPSA) is 15.3 Å². The Bertz CT molecular complexity index is 725. The number of halogens is 1. The van der Waals surface area contributed by atoms with E-state index in [1.54, 1.807) is 6.07 Å². The molecule has 1 aliphatic rings. The van der Waals surface area contributed by atoms with Crippen molar-refractivity contribution < 1.29 is 4.39 Å². The zero-order valence-electron chi connectivity index (χ0n) is 14.7. The second-order valence-electron chi connectivity index (χ2n) is 6.76. The van der Waals surface area contributed by atoms with Crippen molar-refractivity contribution in [1.82, 2.24) is 4.90 Å². The number of aryl methyl sites for hydroxylation is 1. The molecule has 0 amide bonds. The molecule has 1 N–H and O–H groups in total. The first kappa shape index (κ1) is 17.9. The Balaban J connectivity index is 1.81. The third-order valence-corrected chi connectivity index (χ3v) is 5.30. The minimum atomic E-state index is -0.165. The third-order valence-electron chi connectivity index (χ3n) is 4.96. The molecule has 2 nitrogen and oxygen atoms in total. The van der Waals surface area contributed by atoms with Crippen LogP contribution in [0.4, 0.5) is 10.1 Å². The predicted octanol–water partition coefficient (Wildman–Crippen LogP) is 5.67. The zero-order valence-corrected chi connectivity index (χ0v) is 15.5. The zero-order chi connectivity index (χ0) is 17.6. The van der Waals surface area contributed by atoms with Gasteiger partial charge in [-0.2, -0.15) is 0 Å². The van der Waals surface area contributed by atoms with Gasteiger partial charge in [0.25, 0.3) is 0 Å². The molecule has 0 bridgehead atoms. The Morgan fingerprint density at radius 3 is 2.48 bits per heavy atom. The highest BCUT2D eigenvalue weighted by Crippen LogP contribution is 2.26. The van der Waals surface area contributed by atoms with E-state index in [0.717, 1.165) is 24.1 Å². The van der Waals surface area contributed by atoms with Crippen LogP contribution in [-0.2, 0) is 6.54 Å². The smallest absolute Gasteiger partial charge is 0.173 e. The predicted molar refractivity (Wildman–Crippen MR) is 106 cm³/mol. The minimum absolute atomic E-state index is 0.165. The molecule has 1 aliphatic carbocycles. The number of thiocarbonyl (C=S) groups is 1. The number of benzene rings is 2. The van der Waals surface area contributed by atoms with E-state index >= 15 is 0 Å². The minimum Gasteiger partial charge on any atom is -0.342 e. The van der Waals surface area contributed by atoms with Crippen molar-refractivity contribution in [2.45, 2.75) is 51.6 Å².